The van der Waals surface area contributed by atoms with Crippen molar-refractivity contribution in [2.45, 2.75) is 43.1 Å². The number of anilines is 1. The van der Waals surface area contributed by atoms with Crippen molar-refractivity contribution in [1.29, 1.82) is 0 Å². The zero-order valence-corrected chi connectivity index (χ0v) is 17.1. The number of Topliss-reactive ketones (excluding diaryl/α,β-unsaturated/α-hetero) is 1. The van der Waals surface area contributed by atoms with Gasteiger partial charge in [0.1, 0.15) is 6.04 Å². The van der Waals surface area contributed by atoms with Crippen molar-refractivity contribution in [2.75, 3.05) is 5.32 Å². The summed E-state index contributed by atoms with van der Waals surface area (Å²) in [6.45, 7) is 2.10. The minimum Gasteiger partial charge on any atom is -0.328 e. The highest BCUT2D eigenvalue weighted by atomic mass is 32.2. The van der Waals surface area contributed by atoms with Gasteiger partial charge < -0.3 is 5.32 Å². The van der Waals surface area contributed by atoms with E-state index in [2.05, 4.69) is 35.8 Å². The van der Waals surface area contributed by atoms with Gasteiger partial charge in [-0.3, -0.25) is 4.79 Å². The number of rotatable bonds is 4. The second kappa shape index (κ2) is 7.22. The first-order valence-corrected chi connectivity index (χ1v) is 11.3. The van der Waals surface area contributed by atoms with Crippen molar-refractivity contribution >= 4 is 34.8 Å². The number of fused-ring (bicyclic) bond motifs is 1. The SMILES string of the molecule is Cc1ccsc1[C@@H]1C2=C(CCCC2=O)Nc2nc(SCc3ccccc3)nn21. The lowest BCUT2D eigenvalue weighted by Crippen LogP contribution is -2.31. The number of carbonyl (C=O) groups excluding carboxylic acids is 1. The van der Waals surface area contributed by atoms with E-state index < -0.39 is 0 Å². The molecule has 1 aliphatic carbocycles. The van der Waals surface area contributed by atoms with Crippen LogP contribution in [0.15, 0.2) is 58.2 Å². The summed E-state index contributed by atoms with van der Waals surface area (Å²) in [6.07, 6.45) is 2.40. The third-order valence-corrected chi connectivity index (χ3v) is 7.19. The summed E-state index contributed by atoms with van der Waals surface area (Å²) in [5.41, 5.74) is 4.33. The second-order valence-corrected chi connectivity index (χ2v) is 8.99. The lowest BCUT2D eigenvalue weighted by Gasteiger charge is -2.31. The maximum atomic E-state index is 12.8. The number of ketones is 1. The summed E-state index contributed by atoms with van der Waals surface area (Å²) in [7, 11) is 0. The molecule has 1 aromatic carbocycles. The minimum absolute atomic E-state index is 0.169. The van der Waals surface area contributed by atoms with Gasteiger partial charge in [0.2, 0.25) is 11.1 Å². The monoisotopic (exact) mass is 408 g/mol. The number of hydrogen-bond donors (Lipinski definition) is 1. The maximum Gasteiger partial charge on any atom is 0.227 e. The zero-order valence-electron chi connectivity index (χ0n) is 15.5. The Morgan fingerprint density at radius 2 is 2.11 bits per heavy atom. The number of nitrogens with one attached hydrogen (secondary N) is 1. The molecule has 2 aliphatic rings. The number of thioether (sulfide) groups is 1. The minimum atomic E-state index is -0.169. The molecule has 5 nitrogen and oxygen atoms in total. The molecular weight excluding hydrogens is 388 g/mol. The summed E-state index contributed by atoms with van der Waals surface area (Å²) < 4.78 is 1.91. The molecule has 5 rings (SSSR count). The zero-order chi connectivity index (χ0) is 19.1. The summed E-state index contributed by atoms with van der Waals surface area (Å²) in [5, 5.41) is 11.0. The van der Waals surface area contributed by atoms with E-state index in [1.54, 1.807) is 23.1 Å². The molecule has 7 heteroatoms. The second-order valence-electron chi connectivity index (χ2n) is 7.10. The Bertz CT molecular complexity index is 1070. The van der Waals surface area contributed by atoms with Gasteiger partial charge in [-0.25, -0.2) is 4.68 Å². The Kier molecular flexibility index (Phi) is 4.56. The molecule has 0 radical (unpaired) electrons. The fraction of sp³-hybridized carbons (Fsp3) is 0.286. The highest BCUT2D eigenvalue weighted by molar-refractivity contribution is 7.98. The molecule has 0 fully saturated rings. The maximum absolute atomic E-state index is 12.8. The first kappa shape index (κ1) is 17.7. The van der Waals surface area contributed by atoms with Crippen LogP contribution >= 0.6 is 23.1 Å². The fourth-order valence-electron chi connectivity index (χ4n) is 3.83. The van der Waals surface area contributed by atoms with Gasteiger partial charge in [-0.15, -0.1) is 16.4 Å². The highest BCUT2D eigenvalue weighted by Crippen LogP contribution is 2.43. The molecule has 0 bridgehead atoms. The Morgan fingerprint density at radius 3 is 2.89 bits per heavy atom. The van der Waals surface area contributed by atoms with Crippen LogP contribution in [0.1, 0.15) is 41.3 Å². The number of allylic oxidation sites excluding steroid dienone is 2. The highest BCUT2D eigenvalue weighted by Gasteiger charge is 2.37. The third kappa shape index (κ3) is 3.08. The molecule has 28 heavy (non-hydrogen) atoms. The van der Waals surface area contributed by atoms with Crippen LogP contribution in [0.4, 0.5) is 5.95 Å². The number of aromatic nitrogens is 3. The average molecular weight is 409 g/mol. The Labute approximate surface area is 171 Å². The molecule has 142 valence electrons. The first-order chi connectivity index (χ1) is 13.7. The molecule has 0 amide bonds. The van der Waals surface area contributed by atoms with Crippen molar-refractivity contribution < 1.29 is 4.79 Å². The summed E-state index contributed by atoms with van der Waals surface area (Å²) in [6, 6.07) is 12.3. The molecule has 2 aromatic heterocycles. The lowest BCUT2D eigenvalue weighted by atomic mass is 9.87. The molecule has 3 heterocycles. The van der Waals surface area contributed by atoms with E-state index in [9.17, 15) is 4.79 Å². The summed E-state index contributed by atoms with van der Waals surface area (Å²) in [5.74, 6) is 1.78. The van der Waals surface area contributed by atoms with Gasteiger partial charge in [0.05, 0.1) is 0 Å². The number of thiophene rings is 1. The molecule has 1 N–H and O–H groups in total. The van der Waals surface area contributed by atoms with Crippen molar-refractivity contribution in [3.63, 3.8) is 0 Å². The average Bonchev–Trinajstić information content (AvgIpc) is 3.31. The van der Waals surface area contributed by atoms with Crippen LogP contribution in [0.5, 0.6) is 0 Å². The molecule has 0 unspecified atom stereocenters. The lowest BCUT2D eigenvalue weighted by molar-refractivity contribution is -0.116. The predicted molar refractivity (Wildman–Crippen MR) is 113 cm³/mol. The molecule has 1 aliphatic heterocycles. The van der Waals surface area contributed by atoms with Gasteiger partial charge in [-0.05, 0) is 42.3 Å². The quantitative estimate of drug-likeness (QED) is 0.618. The van der Waals surface area contributed by atoms with Crippen LogP contribution < -0.4 is 5.32 Å². The molecule has 3 aromatic rings. The van der Waals surface area contributed by atoms with Gasteiger partial charge in [-0.2, -0.15) is 4.98 Å². The van der Waals surface area contributed by atoms with Crippen LogP contribution in [0.3, 0.4) is 0 Å². The summed E-state index contributed by atoms with van der Waals surface area (Å²) >= 11 is 3.31. The molecule has 0 saturated carbocycles. The number of benzene rings is 1. The smallest absolute Gasteiger partial charge is 0.227 e. The van der Waals surface area contributed by atoms with Gasteiger partial charge in [0.25, 0.3) is 0 Å². The van der Waals surface area contributed by atoms with E-state index in [1.165, 1.54) is 16.0 Å². The normalized spacial score (nSPS) is 18.6. The van der Waals surface area contributed by atoms with E-state index in [1.807, 2.05) is 22.9 Å². The standard InChI is InChI=1S/C21H20N4OS2/c1-13-10-11-27-19(13)18-17-15(8-5-9-16(17)26)22-20-23-21(24-25(18)20)28-12-14-6-3-2-4-7-14/h2-4,6-7,10-11,18H,5,8-9,12H2,1H3,(H,22,23,24)/t18-/m0/s1. The van der Waals surface area contributed by atoms with Gasteiger partial charge in [0, 0.05) is 28.3 Å². The first-order valence-electron chi connectivity index (χ1n) is 9.41. The van der Waals surface area contributed by atoms with Gasteiger partial charge in [-0.1, -0.05) is 42.1 Å². The van der Waals surface area contributed by atoms with Crippen molar-refractivity contribution in [2.24, 2.45) is 0 Å². The van der Waals surface area contributed by atoms with Crippen LogP contribution in [-0.2, 0) is 10.5 Å². The number of nitrogens with zero attached hydrogens (tertiary/aromatic N) is 3. The molecular formula is C21H20N4OS2. The van der Waals surface area contributed by atoms with E-state index in [-0.39, 0.29) is 11.8 Å². The predicted octanol–water partition coefficient (Wildman–Crippen LogP) is 4.96. The molecule has 1 atom stereocenters. The van der Waals surface area contributed by atoms with Crippen molar-refractivity contribution in [3.05, 3.63) is 69.1 Å². The van der Waals surface area contributed by atoms with Gasteiger partial charge in [0.15, 0.2) is 5.78 Å². The topological polar surface area (TPSA) is 59.8 Å². The van der Waals surface area contributed by atoms with Crippen LogP contribution in [-0.4, -0.2) is 20.5 Å². The van der Waals surface area contributed by atoms with E-state index in [0.29, 0.717) is 6.42 Å². The Hall–Kier alpha value is -2.38. The van der Waals surface area contributed by atoms with E-state index in [0.717, 1.165) is 41.0 Å². The van der Waals surface area contributed by atoms with Crippen LogP contribution in [0.2, 0.25) is 0 Å². The number of aryl methyl sites for hydroxylation is 1. The molecule has 0 saturated heterocycles. The van der Waals surface area contributed by atoms with E-state index >= 15 is 0 Å². The number of carbonyl (C=O) groups is 1. The Balaban J connectivity index is 1.52. The van der Waals surface area contributed by atoms with Gasteiger partial charge >= 0.3 is 0 Å². The fourth-order valence-corrected chi connectivity index (χ4v) is 5.63. The largest absolute Gasteiger partial charge is 0.328 e. The number of hydrogen-bond acceptors (Lipinski definition) is 6. The van der Waals surface area contributed by atoms with Crippen molar-refractivity contribution in [3.8, 4) is 0 Å². The van der Waals surface area contributed by atoms with Crippen molar-refractivity contribution in [1.82, 2.24) is 14.8 Å². The van der Waals surface area contributed by atoms with Crippen LogP contribution in [0, 0.1) is 6.92 Å². The summed E-state index contributed by atoms with van der Waals surface area (Å²) in [4.78, 5) is 18.7. The Morgan fingerprint density at radius 1 is 1.25 bits per heavy atom. The molecule has 0 spiro atoms. The van der Waals surface area contributed by atoms with Crippen LogP contribution in [0.25, 0.3) is 0 Å². The third-order valence-electron chi connectivity index (χ3n) is 5.21. The van der Waals surface area contributed by atoms with E-state index in [4.69, 9.17) is 10.1 Å².